The van der Waals surface area contributed by atoms with E-state index in [1.807, 2.05) is 0 Å². The molecule has 0 radical (unpaired) electrons. The molecule has 0 aromatic carbocycles. The topological polar surface area (TPSA) is 145 Å². The van der Waals surface area contributed by atoms with Crippen molar-refractivity contribution in [2.75, 3.05) is 0 Å². The van der Waals surface area contributed by atoms with Crippen LogP contribution < -0.4 is 5.73 Å². The highest BCUT2D eigenvalue weighted by atomic mass is 31.2. The lowest BCUT2D eigenvalue weighted by Crippen LogP contribution is -2.47. The van der Waals surface area contributed by atoms with Crippen molar-refractivity contribution in [2.24, 2.45) is 5.73 Å². The summed E-state index contributed by atoms with van der Waals surface area (Å²) in [5, 5.41) is 12.5. The van der Waals surface area contributed by atoms with Gasteiger partial charge in [0.2, 0.25) is 5.16 Å². The largest absolute Gasteiger partial charge is 0.480 e. The summed E-state index contributed by atoms with van der Waals surface area (Å²) < 4.78 is 10.6. The van der Waals surface area contributed by atoms with Gasteiger partial charge in [-0.15, -0.1) is 0 Å². The Kier molecular flexibility index (Phi) is 2.64. The van der Waals surface area contributed by atoms with Gasteiger partial charge in [-0.3, -0.25) is 14.8 Å². The van der Waals surface area contributed by atoms with Gasteiger partial charge in [0.15, 0.2) is 0 Å². The minimum atomic E-state index is -4.95. The molecule has 1 unspecified atom stereocenters. The van der Waals surface area contributed by atoms with E-state index in [1.165, 1.54) is 0 Å². The van der Waals surface area contributed by atoms with Gasteiger partial charge in [0, 0.05) is 0 Å². The summed E-state index contributed by atoms with van der Waals surface area (Å²) in [6.45, 7) is 0.707. The number of hydrogen-bond acceptors (Lipinski definition) is 3. The lowest BCUT2D eigenvalue weighted by Gasteiger charge is -2.23. The third-order valence-corrected chi connectivity index (χ3v) is 3.12. The quantitative estimate of drug-likeness (QED) is 0.221. The van der Waals surface area contributed by atoms with Gasteiger partial charge in [0.25, 0.3) is 0 Å². The second kappa shape index (κ2) is 2.85. The second-order valence-electron chi connectivity index (χ2n) is 2.34. The van der Waals surface area contributed by atoms with Crippen LogP contribution in [0.15, 0.2) is 0 Å². The minimum Gasteiger partial charge on any atom is -0.480 e. The first-order chi connectivity index (χ1) is 5.14. The molecular weight excluding hydrogens is 187 g/mol. The van der Waals surface area contributed by atoms with Crippen LogP contribution in [0.25, 0.3) is 0 Å². The van der Waals surface area contributed by atoms with Crippen LogP contribution in [-0.4, -0.2) is 31.9 Å². The molecule has 0 bridgehead atoms. The predicted octanol–water partition coefficient (Wildman–Crippen LogP) is -1.06. The molecule has 0 heterocycles. The van der Waals surface area contributed by atoms with E-state index in [-0.39, 0.29) is 0 Å². The molecule has 0 saturated heterocycles. The van der Waals surface area contributed by atoms with Crippen molar-refractivity contribution in [2.45, 2.75) is 12.1 Å². The van der Waals surface area contributed by atoms with Crippen molar-refractivity contribution < 1.29 is 24.3 Å². The van der Waals surface area contributed by atoms with Gasteiger partial charge < -0.3 is 20.6 Å². The standard InChI is InChI=1S/C4H9N2O5P/c1-4(2(5)6,3(7)8)12(9,10)11/h1H3,(H3,5,6)(H,7,8)(H2,9,10,11). The van der Waals surface area contributed by atoms with Crippen molar-refractivity contribution in [3.8, 4) is 0 Å². The van der Waals surface area contributed by atoms with E-state index in [9.17, 15) is 9.36 Å². The van der Waals surface area contributed by atoms with Gasteiger partial charge in [-0.25, -0.2) is 0 Å². The number of carboxylic acid groups (broad SMARTS) is 1. The van der Waals surface area contributed by atoms with Crippen LogP contribution in [-0.2, 0) is 9.36 Å². The van der Waals surface area contributed by atoms with Crippen molar-refractivity contribution in [3.05, 3.63) is 0 Å². The smallest absolute Gasteiger partial charge is 0.350 e. The Balaban J connectivity index is 5.32. The minimum absolute atomic E-state index is 0.707. The van der Waals surface area contributed by atoms with E-state index >= 15 is 0 Å². The van der Waals surface area contributed by atoms with Crippen LogP contribution in [0, 0.1) is 5.41 Å². The van der Waals surface area contributed by atoms with E-state index in [4.69, 9.17) is 26.0 Å². The summed E-state index contributed by atoms with van der Waals surface area (Å²) in [4.78, 5) is 27.6. The molecule has 0 aromatic rings. The first-order valence-electron chi connectivity index (χ1n) is 2.77. The highest BCUT2D eigenvalue weighted by Gasteiger charge is 2.52. The maximum absolute atomic E-state index is 10.6. The molecule has 0 aliphatic rings. The fraction of sp³-hybridized carbons (Fsp3) is 0.500. The Morgan fingerprint density at radius 1 is 1.58 bits per heavy atom. The lowest BCUT2D eigenvalue weighted by molar-refractivity contribution is -0.138. The van der Waals surface area contributed by atoms with Gasteiger partial charge in [-0.2, -0.15) is 0 Å². The van der Waals surface area contributed by atoms with Gasteiger partial charge >= 0.3 is 13.6 Å². The summed E-state index contributed by atoms with van der Waals surface area (Å²) >= 11 is 0. The molecule has 0 aliphatic heterocycles. The number of aliphatic carboxylic acids is 1. The molecule has 0 saturated carbocycles. The second-order valence-corrected chi connectivity index (χ2v) is 4.32. The number of carbonyl (C=O) groups is 1. The fourth-order valence-corrected chi connectivity index (χ4v) is 0.960. The number of carboxylic acids is 1. The fourth-order valence-electron chi connectivity index (χ4n) is 0.397. The number of nitrogens with two attached hydrogens (primary N) is 1. The van der Waals surface area contributed by atoms with Crippen molar-refractivity contribution in [3.63, 3.8) is 0 Å². The zero-order chi connectivity index (χ0) is 10.2. The Hall–Kier alpha value is -0.910. The SMILES string of the molecule is CC(C(=N)N)(C(=O)O)P(=O)(O)O. The van der Waals surface area contributed by atoms with Crippen LogP contribution in [0.1, 0.15) is 6.92 Å². The summed E-state index contributed by atoms with van der Waals surface area (Å²) in [6, 6.07) is 0. The average Bonchev–Trinajstić information content (AvgIpc) is 1.82. The molecule has 8 heteroatoms. The van der Waals surface area contributed by atoms with Gasteiger partial charge in [-0.1, -0.05) is 0 Å². The molecule has 0 aliphatic carbocycles. The van der Waals surface area contributed by atoms with Crippen LogP contribution in [0.2, 0.25) is 0 Å². The third kappa shape index (κ3) is 1.47. The van der Waals surface area contributed by atoms with E-state index in [1.54, 1.807) is 0 Å². The number of nitrogens with one attached hydrogen (secondary N) is 1. The first kappa shape index (κ1) is 11.1. The van der Waals surface area contributed by atoms with Crippen LogP contribution in [0.4, 0.5) is 0 Å². The molecule has 0 rings (SSSR count). The molecule has 6 N–H and O–H groups in total. The van der Waals surface area contributed by atoms with Crippen molar-refractivity contribution >= 4 is 19.4 Å². The number of hydrogen-bond donors (Lipinski definition) is 5. The number of rotatable bonds is 3. The molecule has 1 atom stereocenters. The van der Waals surface area contributed by atoms with Gasteiger partial charge in [-0.05, 0) is 6.92 Å². The normalized spacial score (nSPS) is 16.6. The van der Waals surface area contributed by atoms with Gasteiger partial charge in [0.05, 0.1) is 0 Å². The zero-order valence-electron chi connectivity index (χ0n) is 6.18. The van der Waals surface area contributed by atoms with Gasteiger partial charge in [0.1, 0.15) is 5.84 Å². The molecule has 0 aromatic heterocycles. The predicted molar refractivity (Wildman–Crippen MR) is 40.0 cm³/mol. The third-order valence-electron chi connectivity index (χ3n) is 1.52. The molecule has 70 valence electrons. The van der Waals surface area contributed by atoms with Crippen LogP contribution >= 0.6 is 7.60 Å². The summed E-state index contributed by atoms with van der Waals surface area (Å²) in [7, 11) is -4.95. The molecule has 7 nitrogen and oxygen atoms in total. The molecule has 0 fully saturated rings. The maximum atomic E-state index is 10.6. The van der Waals surface area contributed by atoms with E-state index in [0.29, 0.717) is 6.92 Å². The van der Waals surface area contributed by atoms with Crippen LogP contribution in [0.3, 0.4) is 0 Å². The highest BCUT2D eigenvalue weighted by molar-refractivity contribution is 7.56. The Morgan fingerprint density at radius 3 is 1.92 bits per heavy atom. The lowest BCUT2D eigenvalue weighted by atomic mass is 10.1. The van der Waals surface area contributed by atoms with Crippen molar-refractivity contribution in [1.82, 2.24) is 0 Å². The summed E-state index contributed by atoms with van der Waals surface area (Å²) in [5.41, 5.74) is 4.77. The average molecular weight is 196 g/mol. The zero-order valence-corrected chi connectivity index (χ0v) is 7.08. The summed E-state index contributed by atoms with van der Waals surface area (Å²) in [5.74, 6) is -2.88. The monoisotopic (exact) mass is 196 g/mol. The summed E-state index contributed by atoms with van der Waals surface area (Å²) in [6.07, 6.45) is 0. The van der Waals surface area contributed by atoms with Crippen LogP contribution in [0.5, 0.6) is 0 Å². The first-order valence-corrected chi connectivity index (χ1v) is 4.38. The van der Waals surface area contributed by atoms with Crippen molar-refractivity contribution in [1.29, 1.82) is 5.41 Å². The van der Waals surface area contributed by atoms with E-state index < -0.39 is 24.6 Å². The van der Waals surface area contributed by atoms with E-state index in [0.717, 1.165) is 0 Å². The maximum Gasteiger partial charge on any atom is 0.350 e. The Bertz CT molecular complexity index is 255. The highest BCUT2D eigenvalue weighted by Crippen LogP contribution is 2.50. The molecule has 0 amide bonds. The Labute approximate surface area is 67.9 Å². The molecular formula is C4H9N2O5P. The number of amidine groups is 1. The molecule has 12 heavy (non-hydrogen) atoms. The molecule has 0 spiro atoms. The Morgan fingerprint density at radius 2 is 1.92 bits per heavy atom. The van der Waals surface area contributed by atoms with E-state index in [2.05, 4.69) is 0 Å².